The van der Waals surface area contributed by atoms with Crippen molar-refractivity contribution in [2.45, 2.75) is 33.1 Å². The van der Waals surface area contributed by atoms with Crippen molar-refractivity contribution < 1.29 is 23.1 Å². The number of nitrogens with two attached hydrogens (primary N) is 1. The molecule has 0 aromatic rings. The highest BCUT2D eigenvalue weighted by Crippen LogP contribution is 2.24. The number of hydrogen-bond donors (Lipinski definition) is 3. The fraction of sp³-hybridized carbons (Fsp3) is 0.800. The van der Waals surface area contributed by atoms with Gasteiger partial charge in [-0.1, -0.05) is 13.8 Å². The molecule has 0 fully saturated rings. The molecule has 0 aliphatic carbocycles. The molecule has 18 heavy (non-hydrogen) atoms. The van der Waals surface area contributed by atoms with Crippen LogP contribution in [0.15, 0.2) is 0 Å². The van der Waals surface area contributed by atoms with E-state index in [4.69, 9.17) is 10.2 Å². The van der Waals surface area contributed by atoms with Crippen LogP contribution in [0, 0.1) is 5.41 Å². The van der Waals surface area contributed by atoms with Gasteiger partial charge in [-0.15, -0.1) is 0 Å². The number of hydrogen-bond acceptors (Lipinski definition) is 4. The molecule has 0 aliphatic heterocycles. The third-order valence-corrected chi connectivity index (χ3v) is 3.05. The summed E-state index contributed by atoms with van der Waals surface area (Å²) in [6.45, 7) is 3.58. The first-order valence-electron chi connectivity index (χ1n) is 5.51. The van der Waals surface area contributed by atoms with E-state index in [1.54, 1.807) is 13.8 Å². The maximum Gasteiger partial charge on any atom is 0.303 e. The molecule has 0 atom stereocenters. The van der Waals surface area contributed by atoms with Gasteiger partial charge in [0.2, 0.25) is 15.9 Å². The standard InChI is InChI=1S/C10H20N2O5S/c1-10(2,7-9(14)15)6-8(13)12-4-3-5-18(11,16)17/h3-7H2,1-2H3,(H,12,13)(H,14,15)(H2,11,16,17). The fourth-order valence-electron chi connectivity index (χ4n) is 1.47. The molecule has 0 unspecified atom stereocenters. The Bertz CT molecular complexity index is 402. The first kappa shape index (κ1) is 16.9. The van der Waals surface area contributed by atoms with E-state index in [1.807, 2.05) is 0 Å². The Labute approximate surface area is 107 Å². The maximum absolute atomic E-state index is 11.5. The molecule has 0 aromatic carbocycles. The zero-order valence-corrected chi connectivity index (χ0v) is 11.4. The van der Waals surface area contributed by atoms with Crippen molar-refractivity contribution in [1.82, 2.24) is 5.32 Å². The molecule has 1 amide bonds. The molecule has 0 aromatic heterocycles. The van der Waals surface area contributed by atoms with Crippen LogP contribution in [0.4, 0.5) is 0 Å². The molecular formula is C10H20N2O5S. The predicted molar refractivity (Wildman–Crippen MR) is 66.3 cm³/mol. The normalized spacial score (nSPS) is 12.2. The molecule has 0 saturated heterocycles. The highest BCUT2D eigenvalue weighted by atomic mass is 32.2. The summed E-state index contributed by atoms with van der Waals surface area (Å²) < 4.78 is 21.3. The topological polar surface area (TPSA) is 127 Å². The van der Waals surface area contributed by atoms with Crippen molar-refractivity contribution in [2.24, 2.45) is 10.6 Å². The first-order valence-corrected chi connectivity index (χ1v) is 7.22. The lowest BCUT2D eigenvalue weighted by Crippen LogP contribution is -2.31. The number of carbonyl (C=O) groups excluding carboxylic acids is 1. The molecule has 8 heteroatoms. The van der Waals surface area contributed by atoms with Crippen molar-refractivity contribution >= 4 is 21.9 Å². The Morgan fingerprint density at radius 1 is 1.28 bits per heavy atom. The van der Waals surface area contributed by atoms with Gasteiger partial charge in [0.15, 0.2) is 0 Å². The van der Waals surface area contributed by atoms with E-state index >= 15 is 0 Å². The van der Waals surface area contributed by atoms with Gasteiger partial charge < -0.3 is 10.4 Å². The van der Waals surface area contributed by atoms with Gasteiger partial charge in [-0.25, -0.2) is 13.6 Å². The monoisotopic (exact) mass is 280 g/mol. The lowest BCUT2D eigenvalue weighted by Gasteiger charge is -2.21. The van der Waals surface area contributed by atoms with E-state index < -0.39 is 21.4 Å². The number of nitrogens with one attached hydrogen (secondary N) is 1. The number of aliphatic carboxylic acids is 1. The van der Waals surface area contributed by atoms with Gasteiger partial charge in [-0.3, -0.25) is 9.59 Å². The summed E-state index contributed by atoms with van der Waals surface area (Å²) in [4.78, 5) is 22.0. The molecule has 0 spiro atoms. The minimum atomic E-state index is -3.50. The minimum absolute atomic E-state index is 0.0781. The fourth-order valence-corrected chi connectivity index (χ4v) is 2.02. The van der Waals surface area contributed by atoms with E-state index in [-0.39, 0.29) is 37.5 Å². The van der Waals surface area contributed by atoms with Crippen LogP contribution in [0.2, 0.25) is 0 Å². The first-order chi connectivity index (χ1) is 8.02. The Kier molecular flexibility index (Phi) is 6.27. The Morgan fingerprint density at radius 3 is 2.28 bits per heavy atom. The van der Waals surface area contributed by atoms with Crippen LogP contribution < -0.4 is 10.5 Å². The van der Waals surface area contributed by atoms with E-state index in [9.17, 15) is 18.0 Å². The summed E-state index contributed by atoms with van der Waals surface area (Å²) in [5, 5.41) is 16.0. The van der Waals surface area contributed by atoms with Crippen molar-refractivity contribution in [1.29, 1.82) is 0 Å². The second kappa shape index (κ2) is 6.69. The van der Waals surface area contributed by atoms with Crippen molar-refractivity contribution in [3.63, 3.8) is 0 Å². The molecule has 7 nitrogen and oxygen atoms in total. The Morgan fingerprint density at radius 2 is 1.83 bits per heavy atom. The van der Waals surface area contributed by atoms with Crippen LogP contribution in [0.5, 0.6) is 0 Å². The molecule has 0 rings (SSSR count). The van der Waals surface area contributed by atoms with E-state index in [0.717, 1.165) is 0 Å². The smallest absolute Gasteiger partial charge is 0.303 e. The number of carboxylic acids is 1. The summed E-state index contributed by atoms with van der Waals surface area (Å²) in [6.07, 6.45) is 0.218. The quantitative estimate of drug-likeness (QED) is 0.525. The van der Waals surface area contributed by atoms with E-state index in [1.165, 1.54) is 0 Å². The second-order valence-electron chi connectivity index (χ2n) is 4.98. The Hall–Kier alpha value is -1.15. The van der Waals surface area contributed by atoms with Crippen LogP contribution >= 0.6 is 0 Å². The van der Waals surface area contributed by atoms with Crippen LogP contribution in [-0.4, -0.2) is 37.7 Å². The lowest BCUT2D eigenvalue weighted by molar-refractivity contribution is -0.139. The third kappa shape index (κ3) is 10.0. The number of sulfonamides is 1. The molecule has 4 N–H and O–H groups in total. The van der Waals surface area contributed by atoms with Gasteiger partial charge in [0.05, 0.1) is 12.2 Å². The number of primary sulfonamides is 1. The van der Waals surface area contributed by atoms with Gasteiger partial charge in [-0.05, 0) is 11.8 Å². The summed E-state index contributed by atoms with van der Waals surface area (Å²) in [5.74, 6) is -1.44. The average Bonchev–Trinajstić information content (AvgIpc) is 2.07. The lowest BCUT2D eigenvalue weighted by atomic mass is 9.85. The SMILES string of the molecule is CC(C)(CC(=O)O)CC(=O)NCCCS(N)(=O)=O. The second-order valence-corrected chi connectivity index (χ2v) is 6.72. The van der Waals surface area contributed by atoms with Crippen LogP contribution in [0.25, 0.3) is 0 Å². The van der Waals surface area contributed by atoms with Crippen LogP contribution in [-0.2, 0) is 19.6 Å². The molecular weight excluding hydrogens is 260 g/mol. The van der Waals surface area contributed by atoms with Gasteiger partial charge >= 0.3 is 5.97 Å². The minimum Gasteiger partial charge on any atom is -0.481 e. The zero-order valence-electron chi connectivity index (χ0n) is 10.6. The molecule has 0 saturated carbocycles. The molecule has 0 bridgehead atoms. The molecule has 0 heterocycles. The summed E-state index contributed by atoms with van der Waals surface area (Å²) in [6, 6.07) is 0. The van der Waals surface area contributed by atoms with Crippen molar-refractivity contribution in [3.05, 3.63) is 0 Å². The number of amides is 1. The highest BCUT2D eigenvalue weighted by molar-refractivity contribution is 7.89. The van der Waals surface area contributed by atoms with Crippen LogP contribution in [0.1, 0.15) is 33.1 Å². The number of carbonyl (C=O) groups is 2. The Balaban J connectivity index is 3.94. The van der Waals surface area contributed by atoms with Crippen molar-refractivity contribution in [2.75, 3.05) is 12.3 Å². The molecule has 0 aliphatic rings. The van der Waals surface area contributed by atoms with Crippen molar-refractivity contribution in [3.8, 4) is 0 Å². The largest absolute Gasteiger partial charge is 0.481 e. The zero-order chi connectivity index (χ0) is 14.4. The molecule has 106 valence electrons. The summed E-state index contributed by atoms with van der Waals surface area (Å²) in [7, 11) is -3.50. The highest BCUT2D eigenvalue weighted by Gasteiger charge is 2.24. The third-order valence-electron chi connectivity index (χ3n) is 2.20. The average molecular weight is 280 g/mol. The van der Waals surface area contributed by atoms with E-state index in [2.05, 4.69) is 5.32 Å². The van der Waals surface area contributed by atoms with Gasteiger partial charge in [-0.2, -0.15) is 0 Å². The van der Waals surface area contributed by atoms with Gasteiger partial charge in [0.25, 0.3) is 0 Å². The van der Waals surface area contributed by atoms with E-state index in [0.29, 0.717) is 0 Å². The number of rotatable bonds is 8. The maximum atomic E-state index is 11.5. The summed E-state index contributed by atoms with van der Waals surface area (Å²) in [5.41, 5.74) is -0.629. The van der Waals surface area contributed by atoms with Gasteiger partial charge in [0.1, 0.15) is 0 Å². The van der Waals surface area contributed by atoms with Gasteiger partial charge in [0, 0.05) is 13.0 Å². The summed E-state index contributed by atoms with van der Waals surface area (Å²) >= 11 is 0. The molecule has 0 radical (unpaired) electrons. The number of carboxylic acid groups (broad SMARTS) is 1. The predicted octanol–water partition coefficient (Wildman–Crippen LogP) is -0.328. The van der Waals surface area contributed by atoms with Crippen LogP contribution in [0.3, 0.4) is 0 Å².